The van der Waals surface area contributed by atoms with Crippen LogP contribution in [0.2, 0.25) is 0 Å². The fraction of sp³-hybridized carbons (Fsp3) is 0.529. The van der Waals surface area contributed by atoms with Gasteiger partial charge in [-0.05, 0) is 51.4 Å². The van der Waals surface area contributed by atoms with Crippen LogP contribution in [-0.2, 0) is 0 Å². The molecular formula is C17H25N3O2. The molecule has 0 aromatic heterocycles. The number of carbonyl (C=O) groups is 2. The van der Waals surface area contributed by atoms with Gasteiger partial charge in [-0.2, -0.15) is 0 Å². The SMILES string of the molecule is CCN(C)C(=O)c1cccc(C(=O)NC2CCCNC2C)c1. The van der Waals surface area contributed by atoms with E-state index < -0.39 is 0 Å². The second-order valence-corrected chi connectivity index (χ2v) is 5.87. The van der Waals surface area contributed by atoms with Crippen molar-refractivity contribution in [2.24, 2.45) is 0 Å². The van der Waals surface area contributed by atoms with Crippen molar-refractivity contribution in [3.63, 3.8) is 0 Å². The molecule has 0 radical (unpaired) electrons. The molecule has 2 atom stereocenters. The molecule has 0 spiro atoms. The van der Waals surface area contributed by atoms with Crippen molar-refractivity contribution in [3.8, 4) is 0 Å². The molecule has 1 aromatic rings. The van der Waals surface area contributed by atoms with Crippen LogP contribution in [0.3, 0.4) is 0 Å². The Balaban J connectivity index is 2.08. The van der Waals surface area contributed by atoms with Crippen LogP contribution in [0.25, 0.3) is 0 Å². The summed E-state index contributed by atoms with van der Waals surface area (Å²) in [5, 5.41) is 6.43. The average molecular weight is 303 g/mol. The largest absolute Gasteiger partial charge is 0.348 e. The normalized spacial score (nSPS) is 21.2. The van der Waals surface area contributed by atoms with E-state index in [1.165, 1.54) is 0 Å². The van der Waals surface area contributed by atoms with Crippen molar-refractivity contribution in [2.75, 3.05) is 20.1 Å². The van der Waals surface area contributed by atoms with Crippen LogP contribution in [0.4, 0.5) is 0 Å². The minimum Gasteiger partial charge on any atom is -0.348 e. The van der Waals surface area contributed by atoms with Crippen molar-refractivity contribution in [3.05, 3.63) is 35.4 Å². The van der Waals surface area contributed by atoms with Gasteiger partial charge in [0.05, 0.1) is 0 Å². The van der Waals surface area contributed by atoms with E-state index in [0.29, 0.717) is 17.7 Å². The fourth-order valence-electron chi connectivity index (χ4n) is 2.65. The van der Waals surface area contributed by atoms with E-state index in [-0.39, 0.29) is 23.9 Å². The predicted octanol–water partition coefficient (Wildman–Crippen LogP) is 1.65. The maximum absolute atomic E-state index is 12.4. The number of benzene rings is 1. The third kappa shape index (κ3) is 3.85. The van der Waals surface area contributed by atoms with Gasteiger partial charge in [0.15, 0.2) is 0 Å². The number of amides is 2. The van der Waals surface area contributed by atoms with Crippen LogP contribution in [0.1, 0.15) is 47.4 Å². The number of nitrogens with one attached hydrogen (secondary N) is 2. The van der Waals surface area contributed by atoms with E-state index in [9.17, 15) is 9.59 Å². The summed E-state index contributed by atoms with van der Waals surface area (Å²) in [6.07, 6.45) is 2.05. The van der Waals surface area contributed by atoms with Gasteiger partial charge < -0.3 is 15.5 Å². The van der Waals surface area contributed by atoms with Gasteiger partial charge in [-0.25, -0.2) is 0 Å². The Morgan fingerprint density at radius 1 is 1.36 bits per heavy atom. The van der Waals surface area contributed by atoms with Gasteiger partial charge in [0.25, 0.3) is 11.8 Å². The molecular weight excluding hydrogens is 278 g/mol. The highest BCUT2D eigenvalue weighted by atomic mass is 16.2. The third-order valence-electron chi connectivity index (χ3n) is 4.27. The van der Waals surface area contributed by atoms with E-state index in [2.05, 4.69) is 17.6 Å². The third-order valence-corrected chi connectivity index (χ3v) is 4.27. The first-order valence-corrected chi connectivity index (χ1v) is 7.92. The summed E-state index contributed by atoms with van der Waals surface area (Å²) in [6.45, 7) is 5.65. The van der Waals surface area contributed by atoms with Crippen LogP contribution in [0.5, 0.6) is 0 Å². The Kier molecular flexibility index (Phi) is 5.55. The first-order chi connectivity index (χ1) is 10.5. The minimum absolute atomic E-state index is 0.0650. The molecule has 1 heterocycles. The number of hydrogen-bond donors (Lipinski definition) is 2. The molecule has 5 heteroatoms. The summed E-state index contributed by atoms with van der Waals surface area (Å²) in [5.41, 5.74) is 1.08. The zero-order valence-electron chi connectivity index (χ0n) is 13.6. The van der Waals surface area contributed by atoms with E-state index in [1.54, 1.807) is 36.2 Å². The number of hydrogen-bond acceptors (Lipinski definition) is 3. The molecule has 2 unspecified atom stereocenters. The summed E-state index contributed by atoms with van der Waals surface area (Å²) in [6, 6.07) is 7.33. The van der Waals surface area contributed by atoms with Crippen LogP contribution in [0.15, 0.2) is 24.3 Å². The van der Waals surface area contributed by atoms with Crippen LogP contribution < -0.4 is 10.6 Å². The molecule has 1 saturated heterocycles. The molecule has 5 nitrogen and oxygen atoms in total. The van der Waals surface area contributed by atoms with E-state index in [1.807, 2.05) is 6.92 Å². The van der Waals surface area contributed by atoms with Gasteiger partial charge in [0, 0.05) is 36.8 Å². The Bertz CT molecular complexity index is 544. The lowest BCUT2D eigenvalue weighted by Crippen LogP contribution is -2.51. The lowest BCUT2D eigenvalue weighted by Gasteiger charge is -2.30. The highest BCUT2D eigenvalue weighted by Crippen LogP contribution is 2.12. The minimum atomic E-state index is -0.116. The summed E-state index contributed by atoms with van der Waals surface area (Å²) in [7, 11) is 1.75. The molecule has 2 amide bonds. The summed E-state index contributed by atoms with van der Waals surface area (Å²) in [5.74, 6) is -0.181. The van der Waals surface area contributed by atoms with Gasteiger partial charge in [-0.3, -0.25) is 9.59 Å². The quantitative estimate of drug-likeness (QED) is 0.889. The van der Waals surface area contributed by atoms with Crippen LogP contribution in [-0.4, -0.2) is 48.9 Å². The number of carbonyl (C=O) groups excluding carboxylic acids is 2. The van der Waals surface area contributed by atoms with Crippen molar-refractivity contribution in [2.45, 2.75) is 38.8 Å². The molecule has 1 fully saturated rings. The first-order valence-electron chi connectivity index (χ1n) is 7.92. The number of nitrogens with zero attached hydrogens (tertiary/aromatic N) is 1. The molecule has 22 heavy (non-hydrogen) atoms. The summed E-state index contributed by atoms with van der Waals surface area (Å²) >= 11 is 0. The molecule has 1 aliphatic rings. The van der Waals surface area contributed by atoms with E-state index in [0.717, 1.165) is 19.4 Å². The maximum Gasteiger partial charge on any atom is 0.253 e. The molecule has 1 aliphatic heterocycles. The standard InChI is InChI=1S/C17H25N3O2/c1-4-20(3)17(22)14-8-5-7-13(11-14)16(21)19-15-9-6-10-18-12(15)2/h5,7-8,11-12,15,18H,4,6,9-10H2,1-3H3,(H,19,21). The highest BCUT2D eigenvalue weighted by Gasteiger charge is 2.23. The lowest BCUT2D eigenvalue weighted by molar-refractivity contribution is 0.0802. The fourth-order valence-corrected chi connectivity index (χ4v) is 2.65. The van der Waals surface area contributed by atoms with Crippen molar-refractivity contribution < 1.29 is 9.59 Å². The zero-order valence-corrected chi connectivity index (χ0v) is 13.6. The highest BCUT2D eigenvalue weighted by molar-refractivity contribution is 5.99. The second-order valence-electron chi connectivity index (χ2n) is 5.87. The number of piperidine rings is 1. The van der Waals surface area contributed by atoms with Gasteiger partial charge >= 0.3 is 0 Å². The zero-order chi connectivity index (χ0) is 16.1. The molecule has 0 saturated carbocycles. The van der Waals surface area contributed by atoms with E-state index in [4.69, 9.17) is 0 Å². The van der Waals surface area contributed by atoms with Gasteiger partial charge in [-0.1, -0.05) is 6.07 Å². The Morgan fingerprint density at radius 2 is 2.09 bits per heavy atom. The van der Waals surface area contributed by atoms with Gasteiger partial charge in [-0.15, -0.1) is 0 Å². The van der Waals surface area contributed by atoms with E-state index >= 15 is 0 Å². The maximum atomic E-state index is 12.4. The Hall–Kier alpha value is -1.88. The first kappa shape index (κ1) is 16.5. The van der Waals surface area contributed by atoms with Crippen LogP contribution >= 0.6 is 0 Å². The van der Waals surface area contributed by atoms with Crippen molar-refractivity contribution in [1.29, 1.82) is 0 Å². The van der Waals surface area contributed by atoms with Gasteiger partial charge in [0.1, 0.15) is 0 Å². The molecule has 120 valence electrons. The average Bonchev–Trinajstić information content (AvgIpc) is 2.55. The molecule has 1 aromatic carbocycles. The summed E-state index contributed by atoms with van der Waals surface area (Å²) in [4.78, 5) is 26.2. The van der Waals surface area contributed by atoms with Crippen molar-refractivity contribution in [1.82, 2.24) is 15.5 Å². The van der Waals surface area contributed by atoms with Crippen LogP contribution in [0, 0.1) is 0 Å². The predicted molar refractivity (Wildman–Crippen MR) is 87.0 cm³/mol. The second kappa shape index (κ2) is 7.40. The topological polar surface area (TPSA) is 61.4 Å². The van der Waals surface area contributed by atoms with Crippen molar-refractivity contribution >= 4 is 11.8 Å². The summed E-state index contributed by atoms with van der Waals surface area (Å²) < 4.78 is 0. The number of rotatable bonds is 4. The molecule has 2 N–H and O–H groups in total. The Morgan fingerprint density at radius 3 is 2.77 bits per heavy atom. The Labute approximate surface area is 132 Å². The monoisotopic (exact) mass is 303 g/mol. The van der Waals surface area contributed by atoms with Gasteiger partial charge in [0.2, 0.25) is 0 Å². The molecule has 0 bridgehead atoms. The molecule has 0 aliphatic carbocycles. The smallest absolute Gasteiger partial charge is 0.253 e. The lowest BCUT2D eigenvalue weighted by atomic mass is 9.99. The molecule has 2 rings (SSSR count).